The van der Waals surface area contributed by atoms with Crippen LogP contribution in [0.5, 0.6) is 0 Å². The predicted molar refractivity (Wildman–Crippen MR) is 112 cm³/mol. The van der Waals surface area contributed by atoms with Gasteiger partial charge in [0.1, 0.15) is 12.1 Å². The Morgan fingerprint density at radius 3 is 2.38 bits per heavy atom. The molecule has 3 aromatic rings. The van der Waals surface area contributed by atoms with Gasteiger partial charge in [0.05, 0.1) is 11.3 Å². The Hall–Kier alpha value is -3.88. The summed E-state index contributed by atoms with van der Waals surface area (Å²) in [6.07, 6.45) is -4.67. The van der Waals surface area contributed by atoms with E-state index in [-0.39, 0.29) is 0 Å². The van der Waals surface area contributed by atoms with E-state index in [1.807, 2.05) is 30.3 Å². The number of amides is 4. The average Bonchev–Trinajstić information content (AvgIpc) is 2.97. The highest BCUT2D eigenvalue weighted by Gasteiger charge is 2.49. The molecule has 0 aliphatic carbocycles. The second-order valence-electron chi connectivity index (χ2n) is 7.60. The molecule has 6 nitrogen and oxygen atoms in total. The van der Waals surface area contributed by atoms with Crippen LogP contribution in [0.25, 0.3) is 10.8 Å². The number of imide groups is 1. The number of carbonyl (C=O) groups is 3. The van der Waals surface area contributed by atoms with Gasteiger partial charge in [-0.2, -0.15) is 13.2 Å². The Kier molecular flexibility index (Phi) is 5.12. The Morgan fingerprint density at radius 1 is 1.00 bits per heavy atom. The van der Waals surface area contributed by atoms with Crippen LogP contribution in [-0.4, -0.2) is 29.3 Å². The zero-order valence-corrected chi connectivity index (χ0v) is 16.9. The van der Waals surface area contributed by atoms with Crippen molar-refractivity contribution in [2.24, 2.45) is 0 Å². The molecule has 1 unspecified atom stereocenters. The summed E-state index contributed by atoms with van der Waals surface area (Å²) in [5, 5.41) is 6.56. The Morgan fingerprint density at radius 2 is 1.66 bits per heavy atom. The highest BCUT2D eigenvalue weighted by molar-refractivity contribution is 6.10. The highest BCUT2D eigenvalue weighted by Crippen LogP contribution is 2.35. The molecule has 4 rings (SSSR count). The molecule has 4 amide bonds. The first-order valence-electron chi connectivity index (χ1n) is 9.69. The number of para-hydroxylation sites is 1. The molecule has 0 aromatic heterocycles. The van der Waals surface area contributed by atoms with E-state index in [2.05, 4.69) is 10.6 Å². The molecule has 0 spiro atoms. The number of rotatable bonds is 4. The molecular formula is C23H18F3N3O3. The van der Waals surface area contributed by atoms with Crippen LogP contribution in [0.15, 0.2) is 66.7 Å². The van der Waals surface area contributed by atoms with Gasteiger partial charge in [-0.3, -0.25) is 14.5 Å². The molecule has 9 heteroatoms. The van der Waals surface area contributed by atoms with Crippen LogP contribution in [-0.2, 0) is 21.3 Å². The highest BCUT2D eigenvalue weighted by atomic mass is 19.4. The van der Waals surface area contributed by atoms with Gasteiger partial charge in [0, 0.05) is 0 Å². The summed E-state index contributed by atoms with van der Waals surface area (Å²) >= 11 is 0. The van der Waals surface area contributed by atoms with Crippen molar-refractivity contribution in [1.29, 1.82) is 0 Å². The number of fused-ring (bicyclic) bond motifs is 1. The lowest BCUT2D eigenvalue weighted by Gasteiger charge is -2.22. The van der Waals surface area contributed by atoms with Gasteiger partial charge in [-0.05, 0) is 41.5 Å². The molecule has 0 saturated carbocycles. The number of halogens is 3. The Balaban J connectivity index is 1.55. The van der Waals surface area contributed by atoms with Crippen LogP contribution in [0.2, 0.25) is 0 Å². The first-order chi connectivity index (χ1) is 15.1. The molecule has 3 aromatic carbocycles. The van der Waals surface area contributed by atoms with Crippen LogP contribution >= 0.6 is 0 Å². The average molecular weight is 441 g/mol. The van der Waals surface area contributed by atoms with Crippen LogP contribution in [0, 0.1) is 0 Å². The van der Waals surface area contributed by atoms with Gasteiger partial charge in [0.15, 0.2) is 0 Å². The smallest absolute Gasteiger partial charge is 0.324 e. The third-order valence-electron chi connectivity index (χ3n) is 5.41. The number of alkyl halides is 3. The van der Waals surface area contributed by atoms with E-state index in [0.29, 0.717) is 10.5 Å². The van der Waals surface area contributed by atoms with E-state index < -0.39 is 47.4 Å². The quantitative estimate of drug-likeness (QED) is 0.594. The summed E-state index contributed by atoms with van der Waals surface area (Å²) in [6.45, 7) is 0.800. The summed E-state index contributed by atoms with van der Waals surface area (Å²) in [6, 6.07) is 16.5. The van der Waals surface area contributed by atoms with E-state index in [1.54, 1.807) is 12.1 Å². The summed E-state index contributed by atoms with van der Waals surface area (Å²) in [5.41, 5.74) is -2.36. The lowest BCUT2D eigenvalue weighted by atomic mass is 9.90. The fourth-order valence-electron chi connectivity index (χ4n) is 3.71. The number of anilines is 1. The zero-order chi connectivity index (χ0) is 23.1. The van der Waals surface area contributed by atoms with Crippen LogP contribution in [0.1, 0.15) is 18.1 Å². The number of hydrogen-bond donors (Lipinski definition) is 2. The molecule has 0 bridgehead atoms. The third-order valence-corrected chi connectivity index (χ3v) is 5.41. The van der Waals surface area contributed by atoms with Gasteiger partial charge < -0.3 is 10.6 Å². The molecule has 1 aliphatic heterocycles. The molecule has 1 heterocycles. The maximum atomic E-state index is 13.1. The van der Waals surface area contributed by atoms with Gasteiger partial charge in [0.2, 0.25) is 5.91 Å². The third kappa shape index (κ3) is 3.77. The SMILES string of the molecule is CC1(c2ccc3ccccc3c2)NC(=O)N(CC(=O)Nc2ccccc2C(F)(F)F)C1=O. The molecule has 1 saturated heterocycles. The molecule has 0 radical (unpaired) electrons. The molecule has 2 N–H and O–H groups in total. The minimum atomic E-state index is -4.67. The van der Waals surface area contributed by atoms with E-state index in [9.17, 15) is 27.6 Å². The monoisotopic (exact) mass is 441 g/mol. The fourth-order valence-corrected chi connectivity index (χ4v) is 3.71. The van der Waals surface area contributed by atoms with Gasteiger partial charge >= 0.3 is 12.2 Å². The molecule has 1 aliphatic rings. The first kappa shape index (κ1) is 21.4. The summed E-state index contributed by atoms with van der Waals surface area (Å²) in [5.74, 6) is -1.59. The molecule has 32 heavy (non-hydrogen) atoms. The van der Waals surface area contributed by atoms with Gasteiger partial charge in [-0.1, -0.05) is 48.5 Å². The summed E-state index contributed by atoms with van der Waals surface area (Å²) < 4.78 is 39.4. The molecular weight excluding hydrogens is 423 g/mol. The number of hydrogen-bond acceptors (Lipinski definition) is 3. The van der Waals surface area contributed by atoms with E-state index in [4.69, 9.17) is 0 Å². The van der Waals surface area contributed by atoms with Crippen molar-refractivity contribution in [1.82, 2.24) is 10.2 Å². The van der Waals surface area contributed by atoms with E-state index in [1.165, 1.54) is 19.1 Å². The van der Waals surface area contributed by atoms with Crippen molar-refractivity contribution in [3.63, 3.8) is 0 Å². The van der Waals surface area contributed by atoms with E-state index >= 15 is 0 Å². The van der Waals surface area contributed by atoms with Crippen molar-refractivity contribution in [2.45, 2.75) is 18.6 Å². The predicted octanol–water partition coefficient (Wildman–Crippen LogP) is 4.26. The Labute approximate surface area is 181 Å². The number of benzene rings is 3. The second-order valence-corrected chi connectivity index (χ2v) is 7.60. The van der Waals surface area contributed by atoms with Gasteiger partial charge in [-0.25, -0.2) is 4.79 Å². The number of carbonyl (C=O) groups excluding carboxylic acids is 3. The largest absolute Gasteiger partial charge is 0.418 e. The second kappa shape index (κ2) is 7.67. The van der Waals surface area contributed by atoms with Gasteiger partial charge in [0.25, 0.3) is 5.91 Å². The first-order valence-corrected chi connectivity index (χ1v) is 9.69. The lowest BCUT2D eigenvalue weighted by Crippen LogP contribution is -2.42. The van der Waals surface area contributed by atoms with Crippen LogP contribution in [0.3, 0.4) is 0 Å². The van der Waals surface area contributed by atoms with Crippen LogP contribution in [0.4, 0.5) is 23.7 Å². The number of urea groups is 1. The topological polar surface area (TPSA) is 78.5 Å². The molecule has 1 atom stereocenters. The van der Waals surface area contributed by atoms with Crippen molar-refractivity contribution >= 4 is 34.3 Å². The standard InChI is InChI=1S/C23H18F3N3O3/c1-22(16-11-10-14-6-2-3-7-15(14)12-16)20(31)29(21(32)28-22)13-19(30)27-18-9-5-4-8-17(18)23(24,25)26/h2-12H,13H2,1H3,(H,27,30)(H,28,32). The van der Waals surface area contributed by atoms with Crippen molar-refractivity contribution < 1.29 is 27.6 Å². The van der Waals surface area contributed by atoms with Crippen LogP contribution < -0.4 is 10.6 Å². The minimum absolute atomic E-state index is 0.450. The summed E-state index contributed by atoms with van der Waals surface area (Å²) in [7, 11) is 0. The Bertz CT molecular complexity index is 1240. The van der Waals surface area contributed by atoms with E-state index in [0.717, 1.165) is 22.9 Å². The summed E-state index contributed by atoms with van der Waals surface area (Å²) in [4.78, 5) is 38.7. The van der Waals surface area contributed by atoms with Crippen molar-refractivity contribution in [3.8, 4) is 0 Å². The van der Waals surface area contributed by atoms with Crippen molar-refractivity contribution in [3.05, 3.63) is 77.9 Å². The lowest BCUT2D eigenvalue weighted by molar-refractivity contribution is -0.137. The zero-order valence-electron chi connectivity index (χ0n) is 16.9. The minimum Gasteiger partial charge on any atom is -0.324 e. The molecule has 1 fully saturated rings. The fraction of sp³-hybridized carbons (Fsp3) is 0.174. The maximum Gasteiger partial charge on any atom is 0.418 e. The normalized spacial score (nSPS) is 18.7. The molecule has 164 valence electrons. The van der Waals surface area contributed by atoms with Crippen molar-refractivity contribution in [2.75, 3.05) is 11.9 Å². The van der Waals surface area contributed by atoms with Gasteiger partial charge in [-0.15, -0.1) is 0 Å². The number of nitrogens with zero attached hydrogens (tertiary/aromatic N) is 1. The maximum absolute atomic E-state index is 13.1. The number of nitrogens with one attached hydrogen (secondary N) is 2.